The minimum atomic E-state index is -0.792. The molecule has 0 heterocycles. The molecule has 2 aliphatic rings. The Morgan fingerprint density at radius 3 is 1.89 bits per heavy atom. The molecule has 0 aromatic heterocycles. The number of rotatable bonds is 9. The lowest BCUT2D eigenvalue weighted by Gasteiger charge is -2.30. The highest BCUT2D eigenvalue weighted by Crippen LogP contribution is 2.38. The number of benzene rings is 2. The van der Waals surface area contributed by atoms with Crippen molar-refractivity contribution < 1.29 is 27.4 Å². The highest BCUT2D eigenvalue weighted by Gasteiger charge is 2.28. The van der Waals surface area contributed by atoms with Crippen molar-refractivity contribution in [2.45, 2.75) is 95.9 Å². The van der Waals surface area contributed by atoms with E-state index in [9.17, 15) is 13.2 Å². The van der Waals surface area contributed by atoms with E-state index in [2.05, 4.69) is 0 Å². The van der Waals surface area contributed by atoms with E-state index in [1.165, 1.54) is 6.07 Å². The average Bonchev–Trinajstić information content (AvgIpc) is 2.87. The molecule has 4 rings (SSSR count). The molecule has 0 N–H and O–H groups in total. The van der Waals surface area contributed by atoms with Gasteiger partial charge in [-0.1, -0.05) is 18.2 Å². The predicted molar refractivity (Wildman–Crippen MR) is 130 cm³/mol. The molecule has 0 atom stereocenters. The van der Waals surface area contributed by atoms with Crippen LogP contribution in [0.15, 0.2) is 30.3 Å². The molecule has 0 amide bonds. The van der Waals surface area contributed by atoms with Crippen molar-refractivity contribution in [1.82, 2.24) is 0 Å². The van der Waals surface area contributed by atoms with Crippen LogP contribution in [0.4, 0.5) is 13.2 Å². The number of hydrogen-bond donors (Lipinski definition) is 0. The normalized spacial score (nSPS) is 24.9. The Hall–Kier alpha value is -2.05. The van der Waals surface area contributed by atoms with Crippen LogP contribution in [-0.4, -0.2) is 25.4 Å². The first-order chi connectivity index (χ1) is 17.0. The Labute approximate surface area is 207 Å². The highest BCUT2D eigenvalue weighted by molar-refractivity contribution is 5.32. The molecule has 2 aromatic rings. The summed E-state index contributed by atoms with van der Waals surface area (Å²) in [6.07, 6.45) is 6.73. The molecule has 0 saturated heterocycles. The van der Waals surface area contributed by atoms with Gasteiger partial charge in [-0.25, -0.2) is 13.2 Å². The van der Waals surface area contributed by atoms with E-state index in [1.807, 2.05) is 26.0 Å². The molecular formula is C29H37F3O3. The van der Waals surface area contributed by atoms with Gasteiger partial charge in [0.25, 0.3) is 0 Å². The summed E-state index contributed by atoms with van der Waals surface area (Å²) >= 11 is 0. The van der Waals surface area contributed by atoms with E-state index in [4.69, 9.17) is 14.2 Å². The summed E-state index contributed by atoms with van der Waals surface area (Å²) in [4.78, 5) is 0. The van der Waals surface area contributed by atoms with Gasteiger partial charge in [-0.05, 0) is 94.2 Å². The van der Waals surface area contributed by atoms with Gasteiger partial charge in [0.1, 0.15) is 11.6 Å². The maximum absolute atomic E-state index is 14.9. The smallest absolute Gasteiger partial charge is 0.164 e. The van der Waals surface area contributed by atoms with Gasteiger partial charge in [-0.2, -0.15) is 0 Å². The van der Waals surface area contributed by atoms with E-state index in [1.54, 1.807) is 12.1 Å². The lowest BCUT2D eigenvalue weighted by atomic mass is 9.82. The zero-order chi connectivity index (χ0) is 24.8. The summed E-state index contributed by atoms with van der Waals surface area (Å²) in [5.74, 6) is -1.04. The van der Waals surface area contributed by atoms with Crippen LogP contribution in [0.3, 0.4) is 0 Å². The Morgan fingerprint density at radius 1 is 0.686 bits per heavy atom. The minimum absolute atomic E-state index is 0.0343. The van der Waals surface area contributed by atoms with Gasteiger partial charge >= 0.3 is 0 Å². The first-order valence-electron chi connectivity index (χ1n) is 13.1. The van der Waals surface area contributed by atoms with E-state index >= 15 is 0 Å². The molecule has 2 aromatic carbocycles. The maximum atomic E-state index is 14.9. The van der Waals surface area contributed by atoms with Crippen molar-refractivity contribution >= 4 is 0 Å². The van der Waals surface area contributed by atoms with Crippen LogP contribution in [0, 0.1) is 17.5 Å². The zero-order valence-corrected chi connectivity index (χ0v) is 20.8. The molecule has 0 spiro atoms. The fourth-order valence-electron chi connectivity index (χ4n) is 5.65. The maximum Gasteiger partial charge on any atom is 0.164 e. The zero-order valence-electron chi connectivity index (χ0n) is 20.8. The van der Waals surface area contributed by atoms with E-state index in [0.717, 1.165) is 51.4 Å². The second kappa shape index (κ2) is 12.3. The largest absolute Gasteiger partial charge is 0.494 e. The first kappa shape index (κ1) is 26.0. The fourth-order valence-corrected chi connectivity index (χ4v) is 5.65. The van der Waals surface area contributed by atoms with E-state index in [-0.39, 0.29) is 42.0 Å². The second-order valence-electron chi connectivity index (χ2n) is 9.77. The number of ether oxygens (including phenoxy) is 3. The van der Waals surface area contributed by atoms with Gasteiger partial charge < -0.3 is 14.2 Å². The van der Waals surface area contributed by atoms with Crippen LogP contribution in [0.1, 0.15) is 93.7 Å². The molecule has 0 bridgehead atoms. The second-order valence-corrected chi connectivity index (χ2v) is 9.77. The van der Waals surface area contributed by atoms with Gasteiger partial charge in [-0.3, -0.25) is 0 Å². The number of halogens is 3. The summed E-state index contributed by atoms with van der Waals surface area (Å²) in [6.45, 7) is 5.09. The Balaban J connectivity index is 1.28. The molecule has 6 heteroatoms. The first-order valence-corrected chi connectivity index (χ1v) is 13.1. The van der Waals surface area contributed by atoms with Crippen molar-refractivity contribution in [1.29, 1.82) is 0 Å². The van der Waals surface area contributed by atoms with Crippen molar-refractivity contribution in [3.05, 3.63) is 64.5 Å². The van der Waals surface area contributed by atoms with Crippen LogP contribution in [0.25, 0.3) is 0 Å². The summed E-state index contributed by atoms with van der Waals surface area (Å²) < 4.78 is 61.3. The predicted octanol–water partition coefficient (Wildman–Crippen LogP) is 7.81. The molecule has 0 aliphatic heterocycles. The molecule has 2 aliphatic carbocycles. The van der Waals surface area contributed by atoms with Gasteiger partial charge in [0.05, 0.1) is 25.4 Å². The van der Waals surface area contributed by atoms with Gasteiger partial charge in [0.15, 0.2) is 11.6 Å². The van der Waals surface area contributed by atoms with Crippen molar-refractivity contribution in [2.75, 3.05) is 13.2 Å². The molecule has 2 saturated carbocycles. The third-order valence-electron chi connectivity index (χ3n) is 7.58. The SMILES string of the molecule is CCOc1ccc(C2CCC(OCc3ccc(C4CCC(OCC)CC4)c(F)c3F)CC2)c(F)c1. The molecule has 2 fully saturated rings. The molecule has 3 nitrogen and oxygen atoms in total. The van der Waals surface area contributed by atoms with Gasteiger partial charge in [-0.15, -0.1) is 0 Å². The average molecular weight is 491 g/mol. The lowest BCUT2D eigenvalue weighted by molar-refractivity contribution is 0.0116. The molecular weight excluding hydrogens is 453 g/mol. The quantitative estimate of drug-likeness (QED) is 0.359. The topological polar surface area (TPSA) is 27.7 Å². The standard InChI is InChI=1S/C29H37F3O3/c1-3-33-22-10-7-20(8-11-22)26-15-9-21(28(31)29(26)32)18-35-23-12-5-19(6-13-23)25-16-14-24(34-4-2)17-27(25)30/h9,14-17,19-20,22-23H,3-8,10-13,18H2,1-2H3. The molecule has 192 valence electrons. The highest BCUT2D eigenvalue weighted by atomic mass is 19.2. The Kier molecular flexibility index (Phi) is 9.12. The van der Waals surface area contributed by atoms with Crippen molar-refractivity contribution in [3.8, 4) is 5.75 Å². The summed E-state index contributed by atoms with van der Waals surface area (Å²) in [5.41, 5.74) is 1.44. The number of hydrogen-bond acceptors (Lipinski definition) is 3. The van der Waals surface area contributed by atoms with Crippen LogP contribution in [0.2, 0.25) is 0 Å². The molecule has 0 radical (unpaired) electrons. The Morgan fingerprint density at radius 2 is 1.29 bits per heavy atom. The minimum Gasteiger partial charge on any atom is -0.494 e. The summed E-state index contributed by atoms with van der Waals surface area (Å²) in [6, 6.07) is 8.48. The van der Waals surface area contributed by atoms with Crippen LogP contribution in [-0.2, 0) is 16.1 Å². The van der Waals surface area contributed by atoms with Gasteiger partial charge in [0.2, 0.25) is 0 Å². The molecule has 0 unspecified atom stereocenters. The Bertz CT molecular complexity index is 964. The lowest BCUT2D eigenvalue weighted by Crippen LogP contribution is -2.22. The third-order valence-corrected chi connectivity index (χ3v) is 7.58. The third kappa shape index (κ3) is 6.39. The van der Waals surface area contributed by atoms with Crippen molar-refractivity contribution in [2.24, 2.45) is 0 Å². The monoisotopic (exact) mass is 490 g/mol. The summed E-state index contributed by atoms with van der Waals surface area (Å²) in [5, 5.41) is 0. The van der Waals surface area contributed by atoms with Crippen LogP contribution >= 0.6 is 0 Å². The summed E-state index contributed by atoms with van der Waals surface area (Å²) in [7, 11) is 0. The van der Waals surface area contributed by atoms with Crippen molar-refractivity contribution in [3.63, 3.8) is 0 Å². The van der Waals surface area contributed by atoms with E-state index in [0.29, 0.717) is 30.1 Å². The molecule has 35 heavy (non-hydrogen) atoms. The van der Waals surface area contributed by atoms with Crippen LogP contribution < -0.4 is 4.74 Å². The van der Waals surface area contributed by atoms with E-state index < -0.39 is 11.6 Å². The fraction of sp³-hybridized carbons (Fsp3) is 0.586. The van der Waals surface area contributed by atoms with Gasteiger partial charge in [0, 0.05) is 18.2 Å². The van der Waals surface area contributed by atoms with Crippen LogP contribution in [0.5, 0.6) is 5.75 Å².